The molecule has 2 aromatic carbocycles. The van der Waals surface area contributed by atoms with E-state index in [2.05, 4.69) is 6.92 Å². The fourth-order valence-electron chi connectivity index (χ4n) is 2.50. The number of hydrogen-bond donors (Lipinski definition) is 2. The molecular weight excluding hydrogens is 348 g/mol. The third-order valence-corrected chi connectivity index (χ3v) is 4.00. The highest BCUT2D eigenvalue weighted by Crippen LogP contribution is 2.20. The standard InChI is InChI=1S/C21H24O6/c1-2-3-4-5-10-26-18-8-6-15(7-9-18)14-27-19-12-16(20(22)23)11-17(13-19)21(24)25/h6-9,11-13H,2-5,10,14H2,1H3,(H,22,23)(H,24,25). The molecule has 0 aliphatic rings. The number of unbranched alkanes of at least 4 members (excludes halogenated alkanes) is 3. The van der Waals surface area contributed by atoms with E-state index in [9.17, 15) is 9.59 Å². The smallest absolute Gasteiger partial charge is 0.335 e. The summed E-state index contributed by atoms with van der Waals surface area (Å²) in [6.45, 7) is 3.05. The predicted molar refractivity (Wildman–Crippen MR) is 101 cm³/mol. The lowest BCUT2D eigenvalue weighted by molar-refractivity contribution is 0.0696. The second-order valence-electron chi connectivity index (χ2n) is 6.20. The van der Waals surface area contributed by atoms with Gasteiger partial charge in [0.2, 0.25) is 0 Å². The molecule has 0 heterocycles. The molecule has 2 aromatic rings. The molecule has 2 N–H and O–H groups in total. The molecule has 6 heteroatoms. The third kappa shape index (κ3) is 6.66. The van der Waals surface area contributed by atoms with Gasteiger partial charge in [-0.15, -0.1) is 0 Å². The van der Waals surface area contributed by atoms with E-state index in [0.717, 1.165) is 30.2 Å². The molecule has 2 rings (SSSR count). The number of carboxylic acid groups (broad SMARTS) is 2. The molecule has 0 aliphatic heterocycles. The SMILES string of the molecule is CCCCCCOc1ccc(COc2cc(C(=O)O)cc(C(=O)O)c2)cc1. The first kappa shape index (κ1) is 20.3. The van der Waals surface area contributed by atoms with E-state index in [1.165, 1.54) is 25.0 Å². The molecule has 0 amide bonds. The molecule has 0 atom stereocenters. The molecule has 0 bridgehead atoms. The predicted octanol–water partition coefficient (Wildman–Crippen LogP) is 4.62. The first-order valence-corrected chi connectivity index (χ1v) is 8.96. The number of aromatic carboxylic acids is 2. The summed E-state index contributed by atoms with van der Waals surface area (Å²) in [4.78, 5) is 22.2. The number of carbonyl (C=O) groups is 2. The highest BCUT2D eigenvalue weighted by molar-refractivity contribution is 5.94. The van der Waals surface area contributed by atoms with Crippen molar-refractivity contribution in [3.05, 3.63) is 59.2 Å². The van der Waals surface area contributed by atoms with Crippen molar-refractivity contribution in [1.29, 1.82) is 0 Å². The second kappa shape index (κ2) is 10.2. The lowest BCUT2D eigenvalue weighted by Crippen LogP contribution is -2.04. The Morgan fingerprint density at radius 3 is 2.00 bits per heavy atom. The monoisotopic (exact) mass is 372 g/mol. The number of rotatable bonds is 11. The van der Waals surface area contributed by atoms with Crippen LogP contribution in [-0.2, 0) is 6.61 Å². The lowest BCUT2D eigenvalue weighted by atomic mass is 10.1. The van der Waals surface area contributed by atoms with Gasteiger partial charge in [0.15, 0.2) is 0 Å². The minimum Gasteiger partial charge on any atom is -0.494 e. The highest BCUT2D eigenvalue weighted by atomic mass is 16.5. The summed E-state index contributed by atoms with van der Waals surface area (Å²) < 4.78 is 11.3. The van der Waals surface area contributed by atoms with Crippen molar-refractivity contribution in [2.75, 3.05) is 6.61 Å². The Hall–Kier alpha value is -3.02. The molecule has 144 valence electrons. The van der Waals surface area contributed by atoms with Crippen LogP contribution in [0.1, 0.15) is 58.9 Å². The highest BCUT2D eigenvalue weighted by Gasteiger charge is 2.12. The molecule has 0 spiro atoms. The van der Waals surface area contributed by atoms with Gasteiger partial charge in [-0.2, -0.15) is 0 Å². The zero-order valence-electron chi connectivity index (χ0n) is 15.3. The number of benzene rings is 2. The average molecular weight is 372 g/mol. The van der Waals surface area contributed by atoms with Crippen LogP contribution in [0.5, 0.6) is 11.5 Å². The van der Waals surface area contributed by atoms with Crippen molar-refractivity contribution < 1.29 is 29.3 Å². The van der Waals surface area contributed by atoms with Crippen LogP contribution >= 0.6 is 0 Å². The van der Waals surface area contributed by atoms with Crippen LogP contribution in [0, 0.1) is 0 Å². The second-order valence-corrected chi connectivity index (χ2v) is 6.20. The zero-order valence-corrected chi connectivity index (χ0v) is 15.3. The number of ether oxygens (including phenoxy) is 2. The van der Waals surface area contributed by atoms with E-state index < -0.39 is 11.9 Å². The summed E-state index contributed by atoms with van der Waals surface area (Å²) in [6, 6.07) is 11.2. The molecule has 27 heavy (non-hydrogen) atoms. The summed E-state index contributed by atoms with van der Waals surface area (Å²) >= 11 is 0. The van der Waals surface area contributed by atoms with Crippen LogP contribution in [0.2, 0.25) is 0 Å². The number of hydrogen-bond acceptors (Lipinski definition) is 4. The Balaban J connectivity index is 1.92. The minimum atomic E-state index is -1.21. The van der Waals surface area contributed by atoms with Gasteiger partial charge >= 0.3 is 11.9 Å². The molecule has 0 unspecified atom stereocenters. The van der Waals surface area contributed by atoms with Crippen LogP contribution in [0.15, 0.2) is 42.5 Å². The Kier molecular flexibility index (Phi) is 7.67. The largest absolute Gasteiger partial charge is 0.494 e. The first-order chi connectivity index (χ1) is 13.0. The van der Waals surface area contributed by atoms with Gasteiger partial charge in [-0.1, -0.05) is 38.3 Å². The Morgan fingerprint density at radius 2 is 1.44 bits per heavy atom. The average Bonchev–Trinajstić information content (AvgIpc) is 2.66. The van der Waals surface area contributed by atoms with Gasteiger partial charge in [-0.3, -0.25) is 0 Å². The fourth-order valence-corrected chi connectivity index (χ4v) is 2.50. The van der Waals surface area contributed by atoms with Crippen molar-refractivity contribution >= 4 is 11.9 Å². The zero-order chi connectivity index (χ0) is 19.6. The molecule has 0 fully saturated rings. The molecule has 0 radical (unpaired) electrons. The minimum absolute atomic E-state index is 0.128. The van der Waals surface area contributed by atoms with Crippen LogP contribution in [0.3, 0.4) is 0 Å². The summed E-state index contributed by atoms with van der Waals surface area (Å²) in [5.74, 6) is -1.42. The van der Waals surface area contributed by atoms with Crippen LogP contribution in [0.25, 0.3) is 0 Å². The van der Waals surface area contributed by atoms with Gasteiger partial charge in [0.1, 0.15) is 18.1 Å². The van der Waals surface area contributed by atoms with Crippen molar-refractivity contribution in [2.24, 2.45) is 0 Å². The van der Waals surface area contributed by atoms with Crippen LogP contribution < -0.4 is 9.47 Å². The summed E-state index contributed by atoms with van der Waals surface area (Å²) in [6.07, 6.45) is 4.60. The van der Waals surface area contributed by atoms with Gasteiger partial charge in [0, 0.05) is 0 Å². The maximum atomic E-state index is 11.1. The van der Waals surface area contributed by atoms with Crippen LogP contribution in [-0.4, -0.2) is 28.8 Å². The van der Waals surface area contributed by atoms with Gasteiger partial charge in [-0.05, 0) is 42.3 Å². The summed E-state index contributed by atoms with van der Waals surface area (Å²) in [5.41, 5.74) is 0.611. The molecule has 0 aromatic heterocycles. The van der Waals surface area contributed by atoms with Crippen molar-refractivity contribution in [3.8, 4) is 11.5 Å². The van der Waals surface area contributed by atoms with E-state index in [4.69, 9.17) is 19.7 Å². The maximum Gasteiger partial charge on any atom is 0.335 e. The van der Waals surface area contributed by atoms with Gasteiger partial charge < -0.3 is 19.7 Å². The molecule has 0 aliphatic carbocycles. The summed E-state index contributed by atoms with van der Waals surface area (Å²) in [7, 11) is 0. The Morgan fingerprint density at radius 1 is 0.815 bits per heavy atom. The van der Waals surface area contributed by atoms with E-state index in [-0.39, 0.29) is 23.5 Å². The molecule has 0 saturated carbocycles. The summed E-state index contributed by atoms with van der Waals surface area (Å²) in [5, 5.41) is 18.2. The molecular formula is C21H24O6. The van der Waals surface area contributed by atoms with Gasteiger partial charge in [-0.25, -0.2) is 9.59 Å². The molecule has 6 nitrogen and oxygen atoms in total. The topological polar surface area (TPSA) is 93.1 Å². The van der Waals surface area contributed by atoms with Crippen molar-refractivity contribution in [1.82, 2.24) is 0 Å². The van der Waals surface area contributed by atoms with Gasteiger partial charge in [0.25, 0.3) is 0 Å². The Labute approximate surface area is 158 Å². The van der Waals surface area contributed by atoms with Crippen molar-refractivity contribution in [3.63, 3.8) is 0 Å². The Bertz CT molecular complexity index is 734. The normalized spacial score (nSPS) is 10.4. The van der Waals surface area contributed by atoms with Crippen LogP contribution in [0.4, 0.5) is 0 Å². The van der Waals surface area contributed by atoms with E-state index >= 15 is 0 Å². The maximum absolute atomic E-state index is 11.1. The van der Waals surface area contributed by atoms with Gasteiger partial charge in [0.05, 0.1) is 17.7 Å². The van der Waals surface area contributed by atoms with E-state index in [1.54, 1.807) is 0 Å². The lowest BCUT2D eigenvalue weighted by Gasteiger charge is -2.10. The third-order valence-electron chi connectivity index (χ3n) is 4.00. The van der Waals surface area contributed by atoms with Crippen molar-refractivity contribution in [2.45, 2.75) is 39.2 Å². The van der Waals surface area contributed by atoms with E-state index in [0.29, 0.717) is 6.61 Å². The first-order valence-electron chi connectivity index (χ1n) is 8.96. The number of carboxylic acids is 2. The molecule has 0 saturated heterocycles. The van der Waals surface area contributed by atoms with E-state index in [1.807, 2.05) is 24.3 Å². The quantitative estimate of drug-likeness (QED) is 0.559. The fraction of sp³-hybridized carbons (Fsp3) is 0.333.